The third kappa shape index (κ3) is 19.5. The molecule has 15 N–H and O–H groups in total. The number of oxime groups is 1. The van der Waals surface area contributed by atoms with Crippen LogP contribution in [0.5, 0.6) is 0 Å². The third-order valence-corrected chi connectivity index (χ3v) is 18.2. The number of amides is 5. The second-order valence-electron chi connectivity index (χ2n) is 26.2. The van der Waals surface area contributed by atoms with Gasteiger partial charge in [0.25, 0.3) is 0 Å². The maximum atomic E-state index is 12.0. The minimum atomic E-state index is -0.323. The first kappa shape index (κ1) is 79.9. The van der Waals surface area contributed by atoms with E-state index in [1.54, 1.807) is 16.2 Å². The Kier molecular flexibility index (Phi) is 25.9. The molecule has 5 aliphatic rings. The molecule has 5 aliphatic heterocycles. The molecule has 112 heavy (non-hydrogen) atoms. The van der Waals surface area contributed by atoms with Crippen molar-refractivity contribution in [1.29, 1.82) is 21.6 Å². The number of carbonyl (C=O) groups is 5. The van der Waals surface area contributed by atoms with Crippen molar-refractivity contribution < 1.29 is 28.8 Å². The quantitative estimate of drug-likeness (QED) is 0.0739. The molecule has 0 spiro atoms. The maximum absolute atomic E-state index is 12.0. The SMILES string of the molecule is CCn1c(=O)nc(N)c2ccccc21.CON=C1NC(=O)Cc2ccccc21.Cc1ccc2c(c1)C(=N)NC(=O)C2.Cc1ccc2c(c1)CC(=O)NC2=N.Cc1cccc2c1C(=N)NC(=O)C2.Cc1cccc2c1CC(=O)NC2=N.Cn1c(=O)nc(N)c2ccccc21.Nc1nc(=O)n(Cc2ccccc2)c2ccccc12. The lowest BCUT2D eigenvalue weighted by Crippen LogP contribution is -2.37. The van der Waals surface area contributed by atoms with Crippen molar-refractivity contribution in [3.63, 3.8) is 0 Å². The highest BCUT2D eigenvalue weighted by Crippen LogP contribution is 2.24. The van der Waals surface area contributed by atoms with E-state index in [-0.39, 0.29) is 75.8 Å². The van der Waals surface area contributed by atoms with Crippen molar-refractivity contribution in [3.05, 3.63) is 315 Å². The topological polar surface area (TPSA) is 445 Å². The predicted octanol–water partition coefficient (Wildman–Crippen LogP) is 8.18. The highest BCUT2D eigenvalue weighted by atomic mass is 16.6. The van der Waals surface area contributed by atoms with Crippen molar-refractivity contribution in [2.45, 2.75) is 79.8 Å². The maximum Gasteiger partial charge on any atom is 0.350 e. The molecule has 12 aromatic rings. The Labute approximate surface area is 642 Å². The van der Waals surface area contributed by atoms with Crippen LogP contribution in [0.2, 0.25) is 0 Å². The summed E-state index contributed by atoms with van der Waals surface area (Å²) in [6, 6.07) is 63.0. The largest absolute Gasteiger partial charge is 0.397 e. The number of rotatable bonds is 4. The van der Waals surface area contributed by atoms with E-state index in [9.17, 15) is 38.4 Å². The average molecular weight is 1500 g/mol. The number of hydrogen-bond acceptors (Lipinski definition) is 20. The molecule has 5 amide bonds. The number of hydrogen-bond donors (Lipinski definition) is 12. The van der Waals surface area contributed by atoms with Gasteiger partial charge >= 0.3 is 17.1 Å². The Morgan fingerprint density at radius 3 is 1.47 bits per heavy atom. The van der Waals surface area contributed by atoms with Gasteiger partial charge in [-0.25, -0.2) is 14.4 Å². The summed E-state index contributed by atoms with van der Waals surface area (Å²) in [5, 5.41) is 49.2. The number of amidine groups is 5. The summed E-state index contributed by atoms with van der Waals surface area (Å²) in [5.41, 5.74) is 33.1. The van der Waals surface area contributed by atoms with Crippen LogP contribution in [0.3, 0.4) is 0 Å². The van der Waals surface area contributed by atoms with E-state index in [2.05, 4.69) is 51.5 Å². The highest BCUT2D eigenvalue weighted by molar-refractivity contribution is 6.14. The van der Waals surface area contributed by atoms with Crippen molar-refractivity contribution in [2.75, 3.05) is 24.3 Å². The standard InChI is InChI=1S/C15H13N3O.C10H11N3O.C10H10N2O2.4C10H10N2O.C9H9N3O/c16-14-12-8-4-5-9-13(12)18(15(19)17-14)10-11-6-2-1-3-7-11;1-2-13-8-6-4-3-5-7(8)9(11)12-10(13)14;1-14-12-10-8-5-3-2-4-7(8)6-9(13)11-10;1-6-2-3-8-7(4-6)5-9(13)12-10(8)11;1-6-2-3-7-5-9(13)12-10(11)8(7)4-6;1-6-3-2-4-7-8(6)5-9(13)12-10(7)11;1-6-3-2-4-7-5-8(13)12-10(11)9(6)7;1-12-7-5-3-2-4-6(7)8(10)11-9(12)13/h1-9H,10H2,(H2,16,17,19);3-6H,2H2,1H3,(H2,11,12,14);2-5H,6H2,1H3,(H,11,12,13);4*2-4H,5H2,1H3,(H2,11,12,13);2-5H,1H3,(H2,10,11,13). The molecule has 0 saturated heterocycles. The van der Waals surface area contributed by atoms with E-state index in [1.807, 2.05) is 235 Å². The number of para-hydroxylation sites is 3. The van der Waals surface area contributed by atoms with Crippen molar-refractivity contribution in [2.24, 2.45) is 12.2 Å². The molecule has 568 valence electrons. The van der Waals surface area contributed by atoms with Gasteiger partial charge in [-0.15, -0.1) is 0 Å². The molecule has 0 fully saturated rings. The van der Waals surface area contributed by atoms with Gasteiger partial charge in [-0.05, 0) is 122 Å². The molecule has 28 heteroatoms. The van der Waals surface area contributed by atoms with E-state index < -0.39 is 0 Å². The third-order valence-electron chi connectivity index (χ3n) is 18.2. The van der Waals surface area contributed by atoms with Crippen LogP contribution < -0.4 is 60.9 Å². The van der Waals surface area contributed by atoms with Gasteiger partial charge in [-0.2, -0.15) is 15.0 Å². The van der Waals surface area contributed by atoms with Crippen LogP contribution in [0.15, 0.2) is 220 Å². The normalized spacial score (nSPS) is 13.6. The Morgan fingerprint density at radius 2 is 0.848 bits per heavy atom. The molecule has 0 saturated carbocycles. The first-order valence-corrected chi connectivity index (χ1v) is 35.4. The summed E-state index contributed by atoms with van der Waals surface area (Å²) < 4.78 is 4.72. The molecule has 9 aromatic carbocycles. The lowest BCUT2D eigenvalue weighted by molar-refractivity contribution is -0.120. The van der Waals surface area contributed by atoms with Crippen molar-refractivity contribution in [1.82, 2.24) is 55.2 Å². The molecule has 0 atom stereocenters. The number of nitrogen functional groups attached to an aromatic ring is 3. The monoisotopic (exact) mass is 1500 g/mol. The molecule has 0 radical (unpaired) electrons. The second kappa shape index (κ2) is 36.3. The van der Waals surface area contributed by atoms with Crippen molar-refractivity contribution in [3.8, 4) is 0 Å². The highest BCUT2D eigenvalue weighted by Gasteiger charge is 2.25. The number of anilines is 3. The predicted molar refractivity (Wildman–Crippen MR) is 435 cm³/mol. The van der Waals surface area contributed by atoms with Gasteiger partial charge in [0, 0.05) is 57.6 Å². The number of fused-ring (bicyclic) bond motifs is 8. The molecule has 0 bridgehead atoms. The summed E-state index contributed by atoms with van der Waals surface area (Å²) in [6.07, 6.45) is 1.96. The minimum Gasteiger partial charge on any atom is -0.397 e. The number of nitrogens with two attached hydrogens (primary N) is 3. The van der Waals surface area contributed by atoms with E-state index in [0.29, 0.717) is 62.7 Å². The second-order valence-corrected chi connectivity index (χ2v) is 26.2. The number of nitrogens with zero attached hydrogens (tertiary/aromatic N) is 7. The van der Waals surface area contributed by atoms with Crippen LogP contribution in [0.1, 0.15) is 90.4 Å². The summed E-state index contributed by atoms with van der Waals surface area (Å²) in [6.45, 7) is 10.9. The smallest absolute Gasteiger partial charge is 0.350 e. The average Bonchev–Trinajstić information content (AvgIpc) is 0.801. The lowest BCUT2D eigenvalue weighted by Gasteiger charge is -2.18. The van der Waals surface area contributed by atoms with Gasteiger partial charge in [-0.1, -0.05) is 174 Å². The van der Waals surface area contributed by atoms with Crippen molar-refractivity contribution >= 4 is 109 Å². The van der Waals surface area contributed by atoms with Crippen LogP contribution in [0, 0.1) is 49.3 Å². The summed E-state index contributed by atoms with van der Waals surface area (Å²) in [5.74, 6) is 1.80. The Hall–Kier alpha value is -14.7. The molecule has 28 nitrogen and oxygen atoms in total. The fourth-order valence-electron chi connectivity index (χ4n) is 12.8. The van der Waals surface area contributed by atoms with E-state index in [0.717, 1.165) is 116 Å². The summed E-state index contributed by atoms with van der Waals surface area (Å²) >= 11 is 0. The Bertz CT molecular complexity index is 5930. The molecule has 17 rings (SSSR count). The summed E-state index contributed by atoms with van der Waals surface area (Å²) in [7, 11) is 3.13. The fourth-order valence-corrected chi connectivity index (χ4v) is 12.8. The van der Waals surface area contributed by atoms with Gasteiger partial charge in [0.2, 0.25) is 29.5 Å². The number of aromatic nitrogens is 6. The van der Waals surface area contributed by atoms with Crippen LogP contribution in [0.25, 0.3) is 32.7 Å². The van der Waals surface area contributed by atoms with Crippen LogP contribution in [-0.2, 0) is 81.1 Å². The molecule has 0 unspecified atom stereocenters. The zero-order chi connectivity index (χ0) is 80.4. The van der Waals surface area contributed by atoms with Gasteiger partial charge in [0.15, 0.2) is 5.84 Å². The zero-order valence-corrected chi connectivity index (χ0v) is 62.5. The van der Waals surface area contributed by atoms with E-state index in [4.69, 9.17) is 38.8 Å². The van der Waals surface area contributed by atoms with Crippen LogP contribution in [0.4, 0.5) is 17.5 Å². The van der Waals surface area contributed by atoms with Crippen LogP contribution in [-0.4, -0.2) is 94.5 Å². The number of carbonyl (C=O) groups excluding carboxylic acids is 5. The molecule has 3 aromatic heterocycles. The van der Waals surface area contributed by atoms with Crippen LogP contribution >= 0.6 is 0 Å². The van der Waals surface area contributed by atoms with E-state index >= 15 is 0 Å². The van der Waals surface area contributed by atoms with Gasteiger partial charge < -0.3 is 48.6 Å². The molecule has 8 heterocycles. The molecule has 0 aliphatic carbocycles. The van der Waals surface area contributed by atoms with Gasteiger partial charge in [-0.3, -0.25) is 59.3 Å². The fraction of sp³-hybridized carbons (Fsp3) is 0.167. The summed E-state index contributed by atoms with van der Waals surface area (Å²) in [4.78, 5) is 106. The Morgan fingerprint density at radius 1 is 0.411 bits per heavy atom. The minimum absolute atomic E-state index is 0.0560. The number of benzene rings is 9. The van der Waals surface area contributed by atoms with Gasteiger partial charge in [0.1, 0.15) is 47.9 Å². The molecular weight excluding hydrogens is 1420 g/mol. The first-order chi connectivity index (χ1) is 53.7. The number of aryl methyl sites for hydroxylation is 6. The van der Waals surface area contributed by atoms with E-state index in [1.165, 1.54) is 11.7 Å². The molecular formula is C84H83N19O9. The van der Waals surface area contributed by atoms with Gasteiger partial charge in [0.05, 0.1) is 55.2 Å². The number of nitrogens with one attached hydrogen (secondary N) is 9. The Balaban J connectivity index is 0.000000136. The zero-order valence-electron chi connectivity index (χ0n) is 62.5. The lowest BCUT2D eigenvalue weighted by atomic mass is 9.95. The first-order valence-electron chi connectivity index (χ1n) is 35.4.